The maximum Gasteiger partial charge on any atom is 0.408 e. The summed E-state index contributed by atoms with van der Waals surface area (Å²) < 4.78 is 15.5. The van der Waals surface area contributed by atoms with E-state index >= 15 is 4.39 Å². The predicted octanol–water partition coefficient (Wildman–Crippen LogP) is 5.02. The standard InChI is InChI=1S/C25H32FN5O3/c1-14-8-7-9-15(12-14)28-21-19-16(13-27-23(19)32)20(26)22(30-21)29-17-10-5-6-11-18(17)31(24(33)34)25(2,3)4/h7-9,12,17-18H,5-6,10-11,13H2,1-4H3,(H,27,32)(H,33,34)(H2,28,29,30)/t17-,18+/m1/s1. The van der Waals surface area contributed by atoms with Crippen molar-refractivity contribution in [2.24, 2.45) is 0 Å². The number of carboxylic acid groups (broad SMARTS) is 1. The molecule has 2 aromatic rings. The highest BCUT2D eigenvalue weighted by molar-refractivity contribution is 6.03. The first-order valence-corrected chi connectivity index (χ1v) is 11.7. The molecule has 1 aromatic carbocycles. The van der Waals surface area contributed by atoms with E-state index in [9.17, 15) is 14.7 Å². The van der Waals surface area contributed by atoms with Crippen LogP contribution in [-0.2, 0) is 6.54 Å². The lowest BCUT2D eigenvalue weighted by molar-refractivity contribution is 0.0519. The molecule has 2 amide bonds. The molecule has 0 radical (unpaired) electrons. The number of rotatable bonds is 5. The highest BCUT2D eigenvalue weighted by Crippen LogP contribution is 2.35. The Kier molecular flexibility index (Phi) is 6.38. The number of carbonyl (C=O) groups excluding carboxylic acids is 1. The van der Waals surface area contributed by atoms with Crippen molar-refractivity contribution in [1.29, 1.82) is 0 Å². The highest BCUT2D eigenvalue weighted by atomic mass is 19.1. The number of benzene rings is 1. The smallest absolute Gasteiger partial charge is 0.408 e. The van der Waals surface area contributed by atoms with Gasteiger partial charge in [0.2, 0.25) is 0 Å². The van der Waals surface area contributed by atoms with E-state index in [1.54, 1.807) is 0 Å². The van der Waals surface area contributed by atoms with Gasteiger partial charge in [-0.25, -0.2) is 14.2 Å². The normalized spacial score (nSPS) is 19.9. The second kappa shape index (κ2) is 9.12. The van der Waals surface area contributed by atoms with Gasteiger partial charge in [-0.15, -0.1) is 0 Å². The molecule has 0 spiro atoms. The number of nitrogens with one attached hydrogen (secondary N) is 3. The minimum Gasteiger partial charge on any atom is -0.465 e. The average Bonchev–Trinajstić information content (AvgIpc) is 3.13. The number of fused-ring (bicyclic) bond motifs is 1. The molecule has 1 aliphatic carbocycles. The molecule has 1 aliphatic heterocycles. The van der Waals surface area contributed by atoms with Crippen LogP contribution in [0, 0.1) is 12.7 Å². The van der Waals surface area contributed by atoms with Gasteiger partial charge in [-0.3, -0.25) is 9.69 Å². The van der Waals surface area contributed by atoms with Crippen LogP contribution >= 0.6 is 0 Å². The van der Waals surface area contributed by atoms with Crippen molar-refractivity contribution in [3.05, 3.63) is 46.8 Å². The quantitative estimate of drug-likeness (QED) is 0.490. The summed E-state index contributed by atoms with van der Waals surface area (Å²) in [7, 11) is 0. The summed E-state index contributed by atoms with van der Waals surface area (Å²) in [6, 6.07) is 6.99. The van der Waals surface area contributed by atoms with E-state index in [1.807, 2.05) is 52.0 Å². The maximum atomic E-state index is 15.5. The van der Waals surface area contributed by atoms with Gasteiger partial charge in [0.1, 0.15) is 5.82 Å². The molecule has 34 heavy (non-hydrogen) atoms. The number of carbonyl (C=O) groups is 2. The summed E-state index contributed by atoms with van der Waals surface area (Å²) in [6.45, 7) is 7.63. The Bertz CT molecular complexity index is 1110. The molecule has 4 N–H and O–H groups in total. The lowest BCUT2D eigenvalue weighted by Gasteiger charge is -2.45. The van der Waals surface area contributed by atoms with Gasteiger partial charge in [-0.1, -0.05) is 25.0 Å². The van der Waals surface area contributed by atoms with Crippen LogP contribution in [0.5, 0.6) is 0 Å². The zero-order valence-electron chi connectivity index (χ0n) is 20.0. The number of anilines is 3. The minimum atomic E-state index is -0.995. The number of hydrogen-bond donors (Lipinski definition) is 4. The van der Waals surface area contributed by atoms with E-state index < -0.39 is 17.4 Å². The molecule has 2 aliphatic rings. The van der Waals surface area contributed by atoms with Gasteiger partial charge in [0.25, 0.3) is 5.91 Å². The zero-order chi connectivity index (χ0) is 24.6. The van der Waals surface area contributed by atoms with Crippen molar-refractivity contribution < 1.29 is 19.1 Å². The van der Waals surface area contributed by atoms with Crippen molar-refractivity contribution in [3.8, 4) is 0 Å². The summed E-state index contributed by atoms with van der Waals surface area (Å²) in [5, 5.41) is 19.0. The number of nitrogens with zero attached hydrogens (tertiary/aromatic N) is 2. The molecule has 9 heteroatoms. The Hall–Kier alpha value is -3.36. The molecule has 1 aromatic heterocycles. The van der Waals surface area contributed by atoms with Crippen LogP contribution in [0.25, 0.3) is 0 Å². The third kappa shape index (κ3) is 4.64. The first kappa shape index (κ1) is 23.8. The Balaban J connectivity index is 1.71. The third-order valence-corrected chi connectivity index (χ3v) is 6.48. The van der Waals surface area contributed by atoms with Gasteiger partial charge in [0.05, 0.1) is 11.6 Å². The number of halogens is 1. The van der Waals surface area contributed by atoms with Crippen LogP contribution in [0.4, 0.5) is 26.5 Å². The number of hydrogen-bond acceptors (Lipinski definition) is 5. The van der Waals surface area contributed by atoms with Crippen molar-refractivity contribution in [3.63, 3.8) is 0 Å². The fraction of sp³-hybridized carbons (Fsp3) is 0.480. The molecule has 8 nitrogen and oxygen atoms in total. The average molecular weight is 470 g/mol. The summed E-state index contributed by atoms with van der Waals surface area (Å²) >= 11 is 0. The van der Waals surface area contributed by atoms with Crippen LogP contribution in [0.15, 0.2) is 24.3 Å². The molecule has 2 heterocycles. The first-order valence-electron chi connectivity index (χ1n) is 11.7. The molecule has 2 atom stereocenters. The highest BCUT2D eigenvalue weighted by Gasteiger charge is 2.40. The number of pyridine rings is 1. The maximum absolute atomic E-state index is 15.5. The van der Waals surface area contributed by atoms with Gasteiger partial charge in [0.15, 0.2) is 11.6 Å². The Morgan fingerprint density at radius 3 is 2.65 bits per heavy atom. The molecule has 0 unspecified atom stereocenters. The second-order valence-electron chi connectivity index (χ2n) is 10.1. The van der Waals surface area contributed by atoms with Crippen molar-refractivity contribution >= 4 is 29.3 Å². The van der Waals surface area contributed by atoms with Gasteiger partial charge < -0.3 is 21.1 Å². The monoisotopic (exact) mass is 469 g/mol. The zero-order valence-corrected chi connectivity index (χ0v) is 20.0. The van der Waals surface area contributed by atoms with E-state index in [-0.39, 0.29) is 47.3 Å². The Morgan fingerprint density at radius 2 is 1.97 bits per heavy atom. The molecule has 1 fully saturated rings. The fourth-order valence-electron chi connectivity index (χ4n) is 5.02. The molecule has 0 bridgehead atoms. The molecular weight excluding hydrogens is 437 g/mol. The van der Waals surface area contributed by atoms with Crippen LogP contribution in [0.1, 0.15) is 67.9 Å². The lowest BCUT2D eigenvalue weighted by atomic mass is 9.86. The Labute approximate surface area is 198 Å². The van der Waals surface area contributed by atoms with E-state index in [1.165, 1.54) is 4.90 Å². The van der Waals surface area contributed by atoms with Crippen molar-refractivity contribution in [2.75, 3.05) is 10.6 Å². The third-order valence-electron chi connectivity index (χ3n) is 6.48. The number of amides is 2. The number of aryl methyl sites for hydroxylation is 1. The summed E-state index contributed by atoms with van der Waals surface area (Å²) in [5.74, 6) is -0.646. The predicted molar refractivity (Wildman–Crippen MR) is 129 cm³/mol. The summed E-state index contributed by atoms with van der Waals surface area (Å²) in [5.41, 5.74) is 1.63. The molecule has 1 saturated carbocycles. The van der Waals surface area contributed by atoms with E-state index in [0.29, 0.717) is 12.8 Å². The van der Waals surface area contributed by atoms with Crippen molar-refractivity contribution in [1.82, 2.24) is 15.2 Å². The summed E-state index contributed by atoms with van der Waals surface area (Å²) in [6.07, 6.45) is 2.20. The number of aromatic nitrogens is 1. The van der Waals surface area contributed by atoms with Gasteiger partial charge in [0, 0.05) is 29.4 Å². The SMILES string of the molecule is Cc1cccc(Nc2nc(N[C@@H]3CCCC[C@@H]3N(C(=O)O)C(C)(C)C)c(F)c3c2C(=O)NC3)c1. The Morgan fingerprint density at radius 1 is 1.24 bits per heavy atom. The first-order chi connectivity index (χ1) is 16.1. The van der Waals surface area contributed by atoms with Crippen LogP contribution in [0.2, 0.25) is 0 Å². The lowest BCUT2D eigenvalue weighted by Crippen LogP contribution is -2.58. The molecule has 4 rings (SSSR count). The van der Waals surface area contributed by atoms with Gasteiger partial charge in [-0.05, 0) is 58.2 Å². The van der Waals surface area contributed by atoms with Crippen LogP contribution in [0.3, 0.4) is 0 Å². The van der Waals surface area contributed by atoms with Gasteiger partial charge in [-0.2, -0.15) is 0 Å². The van der Waals surface area contributed by atoms with E-state index in [2.05, 4.69) is 20.9 Å². The van der Waals surface area contributed by atoms with E-state index in [4.69, 9.17) is 0 Å². The molecular formula is C25H32FN5O3. The minimum absolute atomic E-state index is 0.0292. The van der Waals surface area contributed by atoms with E-state index in [0.717, 1.165) is 24.1 Å². The largest absolute Gasteiger partial charge is 0.465 e. The topological polar surface area (TPSA) is 107 Å². The summed E-state index contributed by atoms with van der Waals surface area (Å²) in [4.78, 5) is 30.6. The molecule has 0 saturated heterocycles. The molecule has 182 valence electrons. The van der Waals surface area contributed by atoms with Crippen LogP contribution in [-0.4, -0.2) is 44.6 Å². The van der Waals surface area contributed by atoms with Crippen LogP contribution < -0.4 is 16.0 Å². The second-order valence-corrected chi connectivity index (χ2v) is 10.1. The fourth-order valence-corrected chi connectivity index (χ4v) is 5.02. The van der Waals surface area contributed by atoms with Gasteiger partial charge >= 0.3 is 6.09 Å². The van der Waals surface area contributed by atoms with Crippen molar-refractivity contribution in [2.45, 2.75) is 77.5 Å².